The third-order valence-electron chi connectivity index (χ3n) is 2.66. The zero-order valence-corrected chi connectivity index (χ0v) is 11.1. The quantitative estimate of drug-likeness (QED) is 0.750. The molecule has 0 radical (unpaired) electrons. The van der Waals surface area contributed by atoms with E-state index in [2.05, 4.69) is 0 Å². The molecule has 1 amide bonds. The third-order valence-corrected chi connectivity index (χ3v) is 2.66. The summed E-state index contributed by atoms with van der Waals surface area (Å²) in [6, 6.07) is 4.13. The van der Waals surface area contributed by atoms with Crippen LogP contribution in [0.2, 0.25) is 0 Å². The highest BCUT2D eigenvalue weighted by molar-refractivity contribution is 5.92. The maximum Gasteiger partial charge on any atom is 0.248 e. The van der Waals surface area contributed by atoms with Gasteiger partial charge in [-0.1, -0.05) is 6.07 Å². The van der Waals surface area contributed by atoms with Gasteiger partial charge in [0.2, 0.25) is 5.91 Å². The van der Waals surface area contributed by atoms with Crippen LogP contribution in [0.3, 0.4) is 0 Å². The van der Waals surface area contributed by atoms with E-state index in [4.69, 9.17) is 10.5 Å². The first-order valence-electron chi connectivity index (χ1n) is 5.87. The molecule has 19 heavy (non-hydrogen) atoms. The Hall–Kier alpha value is -1.50. The van der Waals surface area contributed by atoms with Gasteiger partial charge in [-0.3, -0.25) is 9.69 Å². The molecule has 1 atom stereocenters. The molecule has 0 aliphatic carbocycles. The number of likely N-dealkylation sites (N-methyl/N-ethyl adjacent to an activating group) is 1. The summed E-state index contributed by atoms with van der Waals surface area (Å²) < 4.78 is 18.6. The number of primary amides is 1. The molecule has 106 valence electrons. The number of nitrogens with two attached hydrogens (primary N) is 1. The van der Waals surface area contributed by atoms with Gasteiger partial charge in [0.05, 0.1) is 12.7 Å². The van der Waals surface area contributed by atoms with Crippen molar-refractivity contribution in [1.29, 1.82) is 0 Å². The van der Waals surface area contributed by atoms with E-state index < -0.39 is 17.8 Å². The molecule has 0 spiro atoms. The summed E-state index contributed by atoms with van der Waals surface area (Å²) in [4.78, 5) is 12.7. The predicted molar refractivity (Wildman–Crippen MR) is 69.1 cm³/mol. The lowest BCUT2D eigenvalue weighted by Crippen LogP contribution is -2.31. The normalized spacial score (nSPS) is 12.7. The van der Waals surface area contributed by atoms with Crippen LogP contribution in [0, 0.1) is 5.82 Å². The van der Waals surface area contributed by atoms with Crippen molar-refractivity contribution in [3.05, 3.63) is 35.1 Å². The molecule has 0 aliphatic rings. The van der Waals surface area contributed by atoms with Gasteiger partial charge in [0.1, 0.15) is 5.82 Å². The average Bonchev–Trinajstić information content (AvgIpc) is 2.31. The van der Waals surface area contributed by atoms with Gasteiger partial charge < -0.3 is 15.6 Å². The van der Waals surface area contributed by atoms with E-state index in [1.54, 1.807) is 11.9 Å². The zero-order valence-electron chi connectivity index (χ0n) is 11.1. The second-order valence-corrected chi connectivity index (χ2v) is 4.48. The molecule has 6 heteroatoms. The van der Waals surface area contributed by atoms with E-state index in [1.165, 1.54) is 19.2 Å². The van der Waals surface area contributed by atoms with Gasteiger partial charge in [-0.2, -0.15) is 0 Å². The first-order chi connectivity index (χ1) is 8.93. The van der Waals surface area contributed by atoms with E-state index >= 15 is 0 Å². The fourth-order valence-corrected chi connectivity index (χ4v) is 1.79. The Morgan fingerprint density at radius 1 is 1.58 bits per heavy atom. The molecule has 5 nitrogen and oxygen atoms in total. The van der Waals surface area contributed by atoms with E-state index in [0.29, 0.717) is 18.7 Å². The summed E-state index contributed by atoms with van der Waals surface area (Å²) in [5.74, 6) is -1.14. The first-order valence-corrected chi connectivity index (χ1v) is 5.87. The number of carbonyl (C=O) groups excluding carboxylic acids is 1. The maximum absolute atomic E-state index is 13.7. The highest BCUT2D eigenvalue weighted by Crippen LogP contribution is 2.12. The minimum Gasteiger partial charge on any atom is -0.389 e. The van der Waals surface area contributed by atoms with E-state index in [9.17, 15) is 14.3 Å². The Labute approximate surface area is 111 Å². The Morgan fingerprint density at radius 2 is 2.26 bits per heavy atom. The number of hydrogen-bond donors (Lipinski definition) is 2. The molecule has 1 aromatic rings. The van der Waals surface area contributed by atoms with Crippen LogP contribution in [0.1, 0.15) is 15.9 Å². The van der Waals surface area contributed by atoms with Gasteiger partial charge in [-0.05, 0) is 19.2 Å². The Balaban J connectivity index is 2.64. The van der Waals surface area contributed by atoms with E-state index in [-0.39, 0.29) is 12.2 Å². The number of carbonyl (C=O) groups is 1. The monoisotopic (exact) mass is 270 g/mol. The molecule has 0 saturated heterocycles. The summed E-state index contributed by atoms with van der Waals surface area (Å²) in [6.45, 7) is 0.921. The van der Waals surface area contributed by atoms with Gasteiger partial charge >= 0.3 is 0 Å². The molecule has 0 aromatic heterocycles. The number of aliphatic hydroxyl groups is 1. The van der Waals surface area contributed by atoms with Crippen LogP contribution >= 0.6 is 0 Å². The number of methoxy groups -OCH3 is 1. The number of aliphatic hydroxyl groups excluding tert-OH is 1. The second-order valence-electron chi connectivity index (χ2n) is 4.48. The summed E-state index contributed by atoms with van der Waals surface area (Å²) >= 11 is 0. The number of ether oxygens (including phenoxy) is 1. The minimum absolute atomic E-state index is 0.142. The largest absolute Gasteiger partial charge is 0.389 e. The molecule has 1 aromatic carbocycles. The van der Waals surface area contributed by atoms with Crippen LogP contribution < -0.4 is 5.73 Å². The smallest absolute Gasteiger partial charge is 0.248 e. The Bertz CT molecular complexity index is 440. The number of halogens is 1. The SMILES string of the molecule is COCC(O)CN(C)Cc1ccc(C(N)=O)cc1F. The molecule has 0 fully saturated rings. The zero-order chi connectivity index (χ0) is 14.4. The number of amides is 1. The number of hydrogen-bond acceptors (Lipinski definition) is 4. The molecule has 0 bridgehead atoms. The molecule has 0 heterocycles. The summed E-state index contributed by atoms with van der Waals surface area (Å²) in [6.07, 6.45) is -0.622. The Kier molecular flexibility index (Phi) is 5.88. The topological polar surface area (TPSA) is 75.8 Å². The van der Waals surface area contributed by atoms with Crippen LogP contribution in [0.15, 0.2) is 18.2 Å². The minimum atomic E-state index is -0.658. The molecule has 1 unspecified atom stereocenters. The molecular formula is C13H19FN2O3. The van der Waals surface area contributed by atoms with Crippen molar-refractivity contribution >= 4 is 5.91 Å². The highest BCUT2D eigenvalue weighted by Gasteiger charge is 2.12. The van der Waals surface area contributed by atoms with E-state index in [1.807, 2.05) is 0 Å². The molecule has 3 N–H and O–H groups in total. The lowest BCUT2D eigenvalue weighted by molar-refractivity contribution is 0.0417. The first kappa shape index (κ1) is 15.6. The van der Waals surface area contributed by atoms with Crippen LogP contribution in [0.25, 0.3) is 0 Å². The molecule has 1 rings (SSSR count). The number of benzene rings is 1. The summed E-state index contributed by atoms with van der Waals surface area (Å²) in [5.41, 5.74) is 5.65. The van der Waals surface area contributed by atoms with Crippen LogP contribution in [0.4, 0.5) is 4.39 Å². The van der Waals surface area contributed by atoms with Gasteiger partial charge in [-0.15, -0.1) is 0 Å². The predicted octanol–water partition coefficient (Wildman–Crippen LogP) is 0.364. The van der Waals surface area contributed by atoms with E-state index in [0.717, 1.165) is 6.07 Å². The molecule has 0 saturated carbocycles. The number of nitrogens with zero attached hydrogens (tertiary/aromatic N) is 1. The number of rotatable bonds is 7. The van der Waals surface area contributed by atoms with Crippen molar-refractivity contribution in [1.82, 2.24) is 4.90 Å². The van der Waals surface area contributed by atoms with Crippen molar-refractivity contribution in [2.45, 2.75) is 12.6 Å². The summed E-state index contributed by atoms with van der Waals surface area (Å²) in [7, 11) is 3.27. The highest BCUT2D eigenvalue weighted by atomic mass is 19.1. The fraction of sp³-hybridized carbons (Fsp3) is 0.462. The Morgan fingerprint density at radius 3 is 2.79 bits per heavy atom. The van der Waals surface area contributed by atoms with Crippen LogP contribution in [-0.4, -0.2) is 49.3 Å². The average molecular weight is 270 g/mol. The molecular weight excluding hydrogens is 251 g/mol. The lowest BCUT2D eigenvalue weighted by Gasteiger charge is -2.20. The molecule has 0 aliphatic heterocycles. The maximum atomic E-state index is 13.7. The summed E-state index contributed by atoms with van der Waals surface area (Å²) in [5, 5.41) is 9.56. The van der Waals surface area contributed by atoms with Crippen LogP contribution in [-0.2, 0) is 11.3 Å². The fourth-order valence-electron chi connectivity index (χ4n) is 1.79. The second kappa shape index (κ2) is 7.18. The standard InChI is InChI=1S/C13H19FN2O3/c1-16(7-11(17)8-19-2)6-10-4-3-9(13(15)18)5-12(10)14/h3-5,11,17H,6-8H2,1-2H3,(H2,15,18). The van der Waals surface area contributed by atoms with Crippen molar-refractivity contribution in [3.63, 3.8) is 0 Å². The van der Waals surface area contributed by atoms with Crippen LogP contribution in [0.5, 0.6) is 0 Å². The van der Waals surface area contributed by atoms with Gasteiger partial charge in [0, 0.05) is 31.3 Å². The van der Waals surface area contributed by atoms with Crippen molar-refractivity contribution in [2.75, 3.05) is 27.3 Å². The van der Waals surface area contributed by atoms with Gasteiger partial charge in [0.25, 0.3) is 0 Å². The van der Waals surface area contributed by atoms with Crippen molar-refractivity contribution in [2.24, 2.45) is 5.73 Å². The van der Waals surface area contributed by atoms with Gasteiger partial charge in [-0.25, -0.2) is 4.39 Å². The lowest BCUT2D eigenvalue weighted by atomic mass is 10.1. The third kappa shape index (κ3) is 4.94. The van der Waals surface area contributed by atoms with Crippen molar-refractivity contribution < 1.29 is 19.0 Å². The van der Waals surface area contributed by atoms with Gasteiger partial charge in [0.15, 0.2) is 0 Å². The van der Waals surface area contributed by atoms with Crippen molar-refractivity contribution in [3.8, 4) is 0 Å².